The largest absolute Gasteiger partial charge is 0.473 e. The molecule has 1 nitrogen and oxygen atoms in total. The predicted octanol–water partition coefficient (Wildman–Crippen LogP) is 4.97. The number of benzene rings is 3. The molecule has 0 atom stereocenters. The Bertz CT molecular complexity index is 908. The van der Waals surface area contributed by atoms with Gasteiger partial charge in [-0.3, -0.25) is 0 Å². The molecule has 120 valence electrons. The Labute approximate surface area is 144 Å². The molecule has 0 radical (unpaired) electrons. The van der Waals surface area contributed by atoms with Gasteiger partial charge in [0.25, 0.3) is 0 Å². The van der Waals surface area contributed by atoms with Crippen molar-refractivity contribution in [2.24, 2.45) is 0 Å². The lowest BCUT2D eigenvalue weighted by Gasteiger charge is -2.18. The molecule has 0 amide bonds. The lowest BCUT2D eigenvalue weighted by Crippen LogP contribution is -2.02. The van der Waals surface area contributed by atoms with Crippen LogP contribution in [0, 0.1) is 0 Å². The van der Waals surface area contributed by atoms with Crippen LogP contribution < -0.4 is 0 Å². The van der Waals surface area contributed by atoms with Crippen LogP contribution in [-0.2, 0) is 12.8 Å². The Morgan fingerprint density at radius 1 is 0.625 bits per heavy atom. The Morgan fingerprint density at radius 2 is 1.38 bits per heavy atom. The minimum Gasteiger partial charge on any atom is -0.473 e. The maximum Gasteiger partial charge on any atom is 0.0902 e. The van der Waals surface area contributed by atoms with Crippen LogP contribution in [0.15, 0.2) is 77.6 Å². The Hall–Kier alpha value is -2.48. The molecule has 0 fully saturated rings. The highest BCUT2D eigenvalue weighted by molar-refractivity contribution is 6.08. The third kappa shape index (κ3) is 3.10. The smallest absolute Gasteiger partial charge is 0.0902 e. The van der Waals surface area contributed by atoms with E-state index < -0.39 is 0 Å². The molecular formula is C22H23BO. The summed E-state index contributed by atoms with van der Waals surface area (Å²) >= 11 is 0. The summed E-state index contributed by atoms with van der Waals surface area (Å²) in [6.07, 6.45) is 8.47. The van der Waals surface area contributed by atoms with Gasteiger partial charge in [-0.1, -0.05) is 48.5 Å². The molecule has 0 aliphatic heterocycles. The predicted molar refractivity (Wildman–Crippen MR) is 107 cm³/mol. The van der Waals surface area contributed by atoms with E-state index in [2.05, 4.69) is 52.9 Å². The van der Waals surface area contributed by atoms with Crippen molar-refractivity contribution in [3.63, 3.8) is 0 Å². The van der Waals surface area contributed by atoms with Gasteiger partial charge in [-0.05, 0) is 70.5 Å². The molecule has 0 bridgehead atoms. The van der Waals surface area contributed by atoms with Crippen LogP contribution in [0.2, 0.25) is 0 Å². The molecule has 4 aromatic rings. The quantitative estimate of drug-likeness (QED) is 0.330. The fourth-order valence-electron chi connectivity index (χ4n) is 3.57. The average Bonchev–Trinajstić information content (AvgIpc) is 3.21. The van der Waals surface area contributed by atoms with Crippen molar-refractivity contribution in [1.82, 2.24) is 0 Å². The summed E-state index contributed by atoms with van der Waals surface area (Å²) < 4.78 is 4.58. The second-order valence-electron chi connectivity index (χ2n) is 6.09. The van der Waals surface area contributed by atoms with Crippen molar-refractivity contribution >= 4 is 30.0 Å². The molecule has 3 aromatic carbocycles. The van der Waals surface area contributed by atoms with Gasteiger partial charge in [-0.25, -0.2) is 0 Å². The molecule has 24 heavy (non-hydrogen) atoms. The second-order valence-corrected chi connectivity index (χ2v) is 6.09. The van der Waals surface area contributed by atoms with Gasteiger partial charge >= 0.3 is 0 Å². The summed E-state index contributed by atoms with van der Waals surface area (Å²) in [6, 6.07) is 21.6. The third-order valence-corrected chi connectivity index (χ3v) is 4.68. The summed E-state index contributed by atoms with van der Waals surface area (Å²) in [6.45, 7) is 0. The number of hydrogen-bond donors (Lipinski definition) is 0. The fraction of sp³-hybridized carbons (Fsp3) is 0.182. The maximum atomic E-state index is 4.58. The highest BCUT2D eigenvalue weighted by atomic mass is 16.3. The van der Waals surface area contributed by atoms with E-state index in [-0.39, 0.29) is 8.41 Å². The van der Waals surface area contributed by atoms with Crippen LogP contribution >= 0.6 is 0 Å². The van der Waals surface area contributed by atoms with Crippen molar-refractivity contribution in [2.45, 2.75) is 25.7 Å². The zero-order valence-corrected chi connectivity index (χ0v) is 13.2. The van der Waals surface area contributed by atoms with Gasteiger partial charge < -0.3 is 4.42 Å². The van der Waals surface area contributed by atoms with Crippen molar-refractivity contribution in [3.8, 4) is 0 Å². The molecule has 0 saturated heterocycles. The van der Waals surface area contributed by atoms with Crippen LogP contribution in [0.3, 0.4) is 0 Å². The van der Waals surface area contributed by atoms with Crippen molar-refractivity contribution < 1.29 is 4.42 Å². The topological polar surface area (TPSA) is 13.1 Å². The SMILES string of the molecule is B.c1ccc2c(c1)ccc1c3c(ccc12)CCCC3.c1ccoc1. The molecule has 1 heterocycles. The van der Waals surface area contributed by atoms with E-state index in [1.54, 1.807) is 23.7 Å². The maximum absolute atomic E-state index is 4.58. The average molecular weight is 314 g/mol. The minimum absolute atomic E-state index is 0. The first kappa shape index (κ1) is 16.4. The molecular weight excluding hydrogens is 291 g/mol. The molecule has 0 saturated carbocycles. The van der Waals surface area contributed by atoms with Crippen LogP contribution in [0.1, 0.15) is 24.0 Å². The van der Waals surface area contributed by atoms with Crippen molar-refractivity contribution in [3.05, 3.63) is 84.3 Å². The molecule has 0 N–H and O–H groups in total. The Kier molecular flexibility index (Phi) is 5.05. The monoisotopic (exact) mass is 314 g/mol. The zero-order valence-electron chi connectivity index (χ0n) is 13.2. The lowest BCUT2D eigenvalue weighted by atomic mass is 9.86. The summed E-state index contributed by atoms with van der Waals surface area (Å²) in [5.41, 5.74) is 3.17. The first-order chi connectivity index (χ1) is 11.4. The highest BCUT2D eigenvalue weighted by Gasteiger charge is 2.13. The Balaban J connectivity index is 0.000000245. The first-order valence-electron chi connectivity index (χ1n) is 8.33. The van der Waals surface area contributed by atoms with E-state index in [4.69, 9.17) is 0 Å². The minimum atomic E-state index is 0. The molecule has 1 aliphatic rings. The summed E-state index contributed by atoms with van der Waals surface area (Å²) in [5.74, 6) is 0. The number of hydrogen-bond acceptors (Lipinski definition) is 1. The zero-order chi connectivity index (χ0) is 15.5. The fourth-order valence-corrected chi connectivity index (χ4v) is 3.57. The lowest BCUT2D eigenvalue weighted by molar-refractivity contribution is 0.567. The van der Waals surface area contributed by atoms with Crippen LogP contribution in [0.5, 0.6) is 0 Å². The van der Waals surface area contributed by atoms with E-state index in [0.717, 1.165) is 0 Å². The molecule has 0 unspecified atom stereocenters. The van der Waals surface area contributed by atoms with Crippen LogP contribution in [0.4, 0.5) is 0 Å². The Morgan fingerprint density at radius 3 is 2.17 bits per heavy atom. The number of furan rings is 1. The molecule has 1 aromatic heterocycles. The normalized spacial score (nSPS) is 12.8. The van der Waals surface area contributed by atoms with Crippen molar-refractivity contribution in [1.29, 1.82) is 0 Å². The van der Waals surface area contributed by atoms with E-state index in [1.807, 2.05) is 12.1 Å². The van der Waals surface area contributed by atoms with Gasteiger partial charge in [0.2, 0.25) is 0 Å². The summed E-state index contributed by atoms with van der Waals surface area (Å²) in [5, 5.41) is 5.64. The van der Waals surface area contributed by atoms with E-state index in [0.29, 0.717) is 0 Å². The summed E-state index contributed by atoms with van der Waals surface area (Å²) in [4.78, 5) is 0. The molecule has 2 heteroatoms. The van der Waals surface area contributed by atoms with Crippen LogP contribution in [0.25, 0.3) is 21.5 Å². The second kappa shape index (κ2) is 7.40. The van der Waals surface area contributed by atoms with E-state index in [1.165, 1.54) is 47.2 Å². The standard InChI is InChI=1S/C18H16.C4H4O.BH3/c1-3-7-15-13(5-1)9-11-18-16-8-4-2-6-14(16)10-12-17(15)18;1-2-4-5-3-1;/h1,3,5,7,9-12H,2,4,6,8H2;1-4H;1H3. The van der Waals surface area contributed by atoms with Gasteiger partial charge in [0, 0.05) is 0 Å². The number of rotatable bonds is 0. The van der Waals surface area contributed by atoms with Gasteiger partial charge in [-0.15, -0.1) is 0 Å². The van der Waals surface area contributed by atoms with Gasteiger partial charge in [-0.2, -0.15) is 0 Å². The number of fused-ring (bicyclic) bond motifs is 5. The van der Waals surface area contributed by atoms with Gasteiger partial charge in [0.05, 0.1) is 20.9 Å². The number of aryl methyl sites for hydroxylation is 2. The highest BCUT2D eigenvalue weighted by Crippen LogP contribution is 2.33. The molecule has 0 spiro atoms. The van der Waals surface area contributed by atoms with E-state index in [9.17, 15) is 0 Å². The van der Waals surface area contributed by atoms with Crippen LogP contribution in [-0.4, -0.2) is 8.41 Å². The van der Waals surface area contributed by atoms with Gasteiger partial charge in [0.15, 0.2) is 0 Å². The van der Waals surface area contributed by atoms with Gasteiger partial charge in [0.1, 0.15) is 0 Å². The first-order valence-corrected chi connectivity index (χ1v) is 8.33. The van der Waals surface area contributed by atoms with Crippen molar-refractivity contribution in [2.75, 3.05) is 0 Å². The molecule has 5 rings (SSSR count). The third-order valence-electron chi connectivity index (χ3n) is 4.68. The van der Waals surface area contributed by atoms with E-state index >= 15 is 0 Å². The molecule has 1 aliphatic carbocycles. The summed E-state index contributed by atoms with van der Waals surface area (Å²) in [7, 11) is 0.